The minimum atomic E-state index is 0.367. The van der Waals surface area contributed by atoms with Gasteiger partial charge in [-0.3, -0.25) is 0 Å². The molecule has 2 N–H and O–H groups in total. The highest BCUT2D eigenvalue weighted by molar-refractivity contribution is 7.99. The lowest BCUT2D eigenvalue weighted by Crippen LogP contribution is -1.99. The molecule has 4 nitrogen and oxygen atoms in total. The van der Waals surface area contributed by atoms with Gasteiger partial charge in [-0.1, -0.05) is 65.9 Å². The van der Waals surface area contributed by atoms with Crippen LogP contribution in [0.15, 0.2) is 83.0 Å². The van der Waals surface area contributed by atoms with Gasteiger partial charge in [0.25, 0.3) is 0 Å². The van der Waals surface area contributed by atoms with Gasteiger partial charge < -0.3 is 10.5 Å². The maximum absolute atomic E-state index is 6.28. The van der Waals surface area contributed by atoms with E-state index in [2.05, 4.69) is 29.0 Å². The highest BCUT2D eigenvalue weighted by Crippen LogP contribution is 2.37. The van der Waals surface area contributed by atoms with Crippen LogP contribution >= 0.6 is 11.8 Å². The average Bonchev–Trinajstić information content (AvgIpc) is 2.67. The molecule has 0 unspecified atom stereocenters. The van der Waals surface area contributed by atoms with Crippen LogP contribution in [-0.4, -0.2) is 9.97 Å². The Labute approximate surface area is 156 Å². The SMILES string of the molecule is Cc1ccc(Sc2ncnc(Oc3cccc4ccccc34)c2N)cc1. The normalized spacial score (nSPS) is 10.8. The molecule has 0 radical (unpaired) electrons. The van der Waals surface area contributed by atoms with E-state index in [1.165, 1.54) is 23.7 Å². The number of aryl methyl sites for hydroxylation is 1. The molecule has 0 aliphatic heterocycles. The molecule has 1 aromatic heterocycles. The Morgan fingerprint density at radius 1 is 0.885 bits per heavy atom. The van der Waals surface area contributed by atoms with Gasteiger partial charge in [0, 0.05) is 10.3 Å². The van der Waals surface area contributed by atoms with Crippen LogP contribution in [0.5, 0.6) is 11.6 Å². The molecule has 0 aliphatic carbocycles. The van der Waals surface area contributed by atoms with E-state index < -0.39 is 0 Å². The van der Waals surface area contributed by atoms with Crippen LogP contribution in [0.2, 0.25) is 0 Å². The average molecular weight is 359 g/mol. The summed E-state index contributed by atoms with van der Waals surface area (Å²) in [6.45, 7) is 2.06. The van der Waals surface area contributed by atoms with Gasteiger partial charge in [-0.15, -0.1) is 0 Å². The van der Waals surface area contributed by atoms with Crippen LogP contribution in [0.4, 0.5) is 5.69 Å². The predicted molar refractivity (Wildman–Crippen MR) is 106 cm³/mol. The summed E-state index contributed by atoms with van der Waals surface area (Å²) >= 11 is 1.50. The molecular formula is C21H17N3OS. The molecule has 0 atom stereocenters. The fraction of sp³-hybridized carbons (Fsp3) is 0.0476. The molecule has 0 fully saturated rings. The molecule has 0 saturated heterocycles. The number of nitrogen functional groups attached to an aromatic ring is 1. The van der Waals surface area contributed by atoms with Gasteiger partial charge in [-0.25, -0.2) is 4.98 Å². The first kappa shape index (κ1) is 16.4. The van der Waals surface area contributed by atoms with E-state index in [0.717, 1.165) is 21.4 Å². The smallest absolute Gasteiger partial charge is 0.247 e. The third-order valence-corrected chi connectivity index (χ3v) is 5.03. The van der Waals surface area contributed by atoms with Crippen LogP contribution in [0, 0.1) is 6.92 Å². The van der Waals surface area contributed by atoms with Gasteiger partial charge in [-0.05, 0) is 30.5 Å². The molecule has 4 rings (SSSR count). The summed E-state index contributed by atoms with van der Waals surface area (Å²) in [6, 6.07) is 22.2. The Morgan fingerprint density at radius 2 is 1.65 bits per heavy atom. The lowest BCUT2D eigenvalue weighted by atomic mass is 10.1. The molecule has 3 aromatic carbocycles. The number of benzene rings is 3. The number of hydrogen-bond donors (Lipinski definition) is 1. The van der Waals surface area contributed by atoms with E-state index in [1.807, 2.05) is 54.6 Å². The number of ether oxygens (including phenoxy) is 1. The fourth-order valence-electron chi connectivity index (χ4n) is 2.63. The summed E-state index contributed by atoms with van der Waals surface area (Å²) in [5.41, 5.74) is 7.93. The summed E-state index contributed by atoms with van der Waals surface area (Å²) in [6.07, 6.45) is 1.48. The van der Waals surface area contributed by atoms with Crippen LogP contribution < -0.4 is 10.5 Å². The molecule has 128 valence electrons. The van der Waals surface area contributed by atoms with Crippen LogP contribution in [0.3, 0.4) is 0 Å². The van der Waals surface area contributed by atoms with Crippen molar-refractivity contribution >= 4 is 28.2 Å². The van der Waals surface area contributed by atoms with Gasteiger partial charge in [0.05, 0.1) is 0 Å². The first-order valence-corrected chi connectivity index (χ1v) is 9.03. The van der Waals surface area contributed by atoms with E-state index in [9.17, 15) is 0 Å². The van der Waals surface area contributed by atoms with Gasteiger partial charge >= 0.3 is 0 Å². The Bertz CT molecular complexity index is 1060. The summed E-state index contributed by atoms with van der Waals surface area (Å²) < 4.78 is 6.03. The van der Waals surface area contributed by atoms with E-state index in [0.29, 0.717) is 16.6 Å². The molecule has 0 saturated carbocycles. The van der Waals surface area contributed by atoms with Crippen molar-refractivity contribution in [2.45, 2.75) is 16.8 Å². The molecule has 0 spiro atoms. The van der Waals surface area contributed by atoms with E-state index in [-0.39, 0.29) is 0 Å². The number of aromatic nitrogens is 2. The van der Waals surface area contributed by atoms with Crippen molar-refractivity contribution in [2.24, 2.45) is 0 Å². The first-order chi connectivity index (χ1) is 12.7. The number of rotatable bonds is 4. The minimum Gasteiger partial charge on any atom is -0.436 e. The van der Waals surface area contributed by atoms with Crippen molar-refractivity contribution < 1.29 is 4.74 Å². The first-order valence-electron chi connectivity index (χ1n) is 8.21. The highest BCUT2D eigenvalue weighted by atomic mass is 32.2. The molecule has 4 aromatic rings. The van der Waals surface area contributed by atoms with E-state index >= 15 is 0 Å². The number of anilines is 1. The maximum Gasteiger partial charge on any atom is 0.247 e. The lowest BCUT2D eigenvalue weighted by Gasteiger charge is -2.11. The molecule has 26 heavy (non-hydrogen) atoms. The Balaban J connectivity index is 1.66. The van der Waals surface area contributed by atoms with Gasteiger partial charge in [-0.2, -0.15) is 4.98 Å². The topological polar surface area (TPSA) is 61.0 Å². The molecule has 0 amide bonds. The summed E-state index contributed by atoms with van der Waals surface area (Å²) in [4.78, 5) is 9.60. The van der Waals surface area contributed by atoms with Crippen molar-refractivity contribution in [2.75, 3.05) is 5.73 Å². The van der Waals surface area contributed by atoms with Gasteiger partial charge in [0.1, 0.15) is 22.8 Å². The Morgan fingerprint density at radius 3 is 2.50 bits per heavy atom. The summed E-state index contributed by atoms with van der Waals surface area (Å²) in [5, 5.41) is 2.80. The minimum absolute atomic E-state index is 0.367. The lowest BCUT2D eigenvalue weighted by molar-refractivity contribution is 0.467. The van der Waals surface area contributed by atoms with Crippen LogP contribution in [0.25, 0.3) is 10.8 Å². The fourth-order valence-corrected chi connectivity index (χ4v) is 3.43. The maximum atomic E-state index is 6.28. The Hall–Kier alpha value is -3.05. The number of hydrogen-bond acceptors (Lipinski definition) is 5. The summed E-state index contributed by atoms with van der Waals surface area (Å²) in [7, 11) is 0. The zero-order chi connectivity index (χ0) is 17.9. The van der Waals surface area contributed by atoms with Crippen molar-refractivity contribution in [1.29, 1.82) is 0 Å². The summed E-state index contributed by atoms with van der Waals surface area (Å²) in [5.74, 6) is 1.09. The monoisotopic (exact) mass is 359 g/mol. The zero-order valence-corrected chi connectivity index (χ0v) is 15.0. The molecular weight excluding hydrogens is 342 g/mol. The standard InChI is InChI=1S/C21H17N3OS/c1-14-9-11-16(12-10-14)26-21-19(22)20(23-13-24-21)25-18-8-4-6-15-5-2-3-7-17(15)18/h2-13H,22H2,1H3. The number of fused-ring (bicyclic) bond motifs is 1. The van der Waals surface area contributed by atoms with Crippen molar-refractivity contribution in [3.8, 4) is 11.6 Å². The number of nitrogens with two attached hydrogens (primary N) is 1. The van der Waals surface area contributed by atoms with Crippen molar-refractivity contribution in [3.63, 3.8) is 0 Å². The van der Waals surface area contributed by atoms with Gasteiger partial charge in [0.2, 0.25) is 5.88 Å². The third-order valence-electron chi connectivity index (χ3n) is 4.00. The molecule has 1 heterocycles. The zero-order valence-electron chi connectivity index (χ0n) is 14.2. The number of nitrogens with zero attached hydrogens (tertiary/aromatic N) is 2. The van der Waals surface area contributed by atoms with E-state index in [1.54, 1.807) is 0 Å². The Kier molecular flexibility index (Phi) is 4.46. The second kappa shape index (κ2) is 7.06. The van der Waals surface area contributed by atoms with Crippen LogP contribution in [0.1, 0.15) is 5.56 Å². The highest BCUT2D eigenvalue weighted by Gasteiger charge is 2.13. The van der Waals surface area contributed by atoms with Crippen LogP contribution in [-0.2, 0) is 0 Å². The molecule has 5 heteroatoms. The predicted octanol–water partition coefficient (Wildman–Crippen LogP) is 5.46. The third kappa shape index (κ3) is 3.34. The molecule has 0 bridgehead atoms. The van der Waals surface area contributed by atoms with Crippen molar-refractivity contribution in [3.05, 3.63) is 78.6 Å². The largest absolute Gasteiger partial charge is 0.436 e. The quantitative estimate of drug-likeness (QED) is 0.490. The second-order valence-electron chi connectivity index (χ2n) is 5.89. The van der Waals surface area contributed by atoms with E-state index in [4.69, 9.17) is 10.5 Å². The van der Waals surface area contributed by atoms with Gasteiger partial charge in [0.15, 0.2) is 0 Å². The second-order valence-corrected chi connectivity index (χ2v) is 6.95. The van der Waals surface area contributed by atoms with Crippen molar-refractivity contribution in [1.82, 2.24) is 9.97 Å². The molecule has 0 aliphatic rings.